The van der Waals surface area contributed by atoms with Gasteiger partial charge in [-0.2, -0.15) is 0 Å². The fourth-order valence-electron chi connectivity index (χ4n) is 3.31. The summed E-state index contributed by atoms with van der Waals surface area (Å²) in [5.74, 6) is 1.31. The maximum absolute atomic E-state index is 12.8. The van der Waals surface area contributed by atoms with E-state index in [1.54, 1.807) is 61.7 Å². The zero-order chi connectivity index (χ0) is 24.8. The first-order valence-electron chi connectivity index (χ1n) is 10.6. The number of hydrogen-bond donors (Lipinski definition) is 0. The van der Waals surface area contributed by atoms with Gasteiger partial charge in [0.15, 0.2) is 11.5 Å². The fraction of sp³-hybridized carbons (Fsp3) is 0.154. The van der Waals surface area contributed by atoms with Gasteiger partial charge in [-0.05, 0) is 77.5 Å². The predicted molar refractivity (Wildman–Crippen MR) is 138 cm³/mol. The molecule has 1 saturated heterocycles. The topological polar surface area (TPSA) is 65.1 Å². The summed E-state index contributed by atoms with van der Waals surface area (Å²) in [6, 6.07) is 19.6. The third-order valence-electron chi connectivity index (χ3n) is 5.04. The fourth-order valence-corrected chi connectivity index (χ4v) is 4.51. The summed E-state index contributed by atoms with van der Waals surface area (Å²) in [6.07, 6.45) is 1.66. The number of thioether (sulfide) groups is 1. The molecule has 0 bridgehead atoms. The second-order valence-electron chi connectivity index (χ2n) is 7.46. The van der Waals surface area contributed by atoms with Crippen LogP contribution in [0.15, 0.2) is 71.6 Å². The van der Waals surface area contributed by atoms with Gasteiger partial charge in [-0.25, -0.2) is 0 Å². The van der Waals surface area contributed by atoms with Crippen molar-refractivity contribution in [3.63, 3.8) is 0 Å². The molecule has 2 amide bonds. The Hall–Kier alpha value is -3.13. The molecule has 0 spiro atoms. The molecule has 0 aromatic heterocycles. The van der Waals surface area contributed by atoms with Crippen molar-refractivity contribution >= 4 is 52.2 Å². The molecule has 0 atom stereocenters. The molecule has 0 saturated carbocycles. The minimum atomic E-state index is -0.361. The molecule has 180 valence electrons. The quantitative estimate of drug-likeness (QED) is 0.287. The van der Waals surface area contributed by atoms with Crippen LogP contribution < -0.4 is 14.2 Å². The molecule has 35 heavy (non-hydrogen) atoms. The van der Waals surface area contributed by atoms with Crippen molar-refractivity contribution in [2.24, 2.45) is 0 Å². The molecule has 3 aromatic carbocycles. The monoisotopic (exact) mass is 529 g/mol. The van der Waals surface area contributed by atoms with Crippen LogP contribution in [-0.2, 0) is 11.4 Å². The Morgan fingerprint density at radius 2 is 1.71 bits per heavy atom. The van der Waals surface area contributed by atoms with E-state index in [1.807, 2.05) is 18.2 Å². The molecular weight excluding hydrogens is 509 g/mol. The molecule has 0 unspecified atom stereocenters. The van der Waals surface area contributed by atoms with E-state index in [0.29, 0.717) is 44.4 Å². The van der Waals surface area contributed by atoms with Gasteiger partial charge in [0.05, 0.1) is 18.6 Å². The Balaban J connectivity index is 1.39. The number of rotatable bonds is 9. The van der Waals surface area contributed by atoms with E-state index in [2.05, 4.69) is 0 Å². The molecule has 1 aliphatic heterocycles. The molecule has 3 aromatic rings. The molecule has 9 heteroatoms. The van der Waals surface area contributed by atoms with Crippen molar-refractivity contribution in [2.75, 3.05) is 20.3 Å². The number of ether oxygens (including phenoxy) is 3. The van der Waals surface area contributed by atoms with Crippen molar-refractivity contribution in [1.82, 2.24) is 4.90 Å². The molecule has 0 N–H and O–H groups in total. The lowest BCUT2D eigenvalue weighted by molar-refractivity contribution is -0.123. The lowest BCUT2D eigenvalue weighted by Crippen LogP contribution is -2.32. The van der Waals surface area contributed by atoms with Crippen LogP contribution in [-0.4, -0.2) is 36.3 Å². The second-order valence-corrected chi connectivity index (χ2v) is 9.33. The summed E-state index contributed by atoms with van der Waals surface area (Å²) in [6.45, 7) is 0.650. The first-order chi connectivity index (χ1) is 16.9. The summed E-state index contributed by atoms with van der Waals surface area (Å²) in [4.78, 5) is 26.7. The van der Waals surface area contributed by atoms with Gasteiger partial charge < -0.3 is 14.2 Å². The Labute approximate surface area is 217 Å². The van der Waals surface area contributed by atoms with Gasteiger partial charge in [-0.3, -0.25) is 14.5 Å². The first-order valence-corrected chi connectivity index (χ1v) is 12.2. The largest absolute Gasteiger partial charge is 0.493 e. The number of amides is 2. The van der Waals surface area contributed by atoms with Crippen LogP contribution in [0.1, 0.15) is 11.1 Å². The second kappa shape index (κ2) is 11.5. The Kier molecular flexibility index (Phi) is 8.23. The molecule has 0 radical (unpaired) electrons. The van der Waals surface area contributed by atoms with E-state index in [4.69, 9.17) is 37.4 Å². The highest BCUT2D eigenvalue weighted by atomic mass is 35.5. The van der Waals surface area contributed by atoms with Crippen LogP contribution in [0.25, 0.3) is 6.08 Å². The van der Waals surface area contributed by atoms with Crippen molar-refractivity contribution in [3.05, 3.63) is 92.8 Å². The average Bonchev–Trinajstić information content (AvgIpc) is 3.11. The van der Waals surface area contributed by atoms with E-state index >= 15 is 0 Å². The Morgan fingerprint density at radius 3 is 2.46 bits per heavy atom. The average molecular weight is 530 g/mol. The van der Waals surface area contributed by atoms with Crippen LogP contribution >= 0.6 is 35.0 Å². The molecular formula is C26H21Cl2NO5S. The van der Waals surface area contributed by atoms with Crippen molar-refractivity contribution < 1.29 is 23.8 Å². The highest BCUT2D eigenvalue weighted by molar-refractivity contribution is 8.18. The SMILES string of the molecule is COc1cc(/C=C2\SC(=O)N(CCOc3ccc(Cl)cc3)C2=O)ccc1OCc1cccc(Cl)c1. The number of imide groups is 1. The molecule has 1 heterocycles. The van der Waals surface area contributed by atoms with E-state index in [9.17, 15) is 9.59 Å². The van der Waals surface area contributed by atoms with Crippen LogP contribution in [0.2, 0.25) is 10.0 Å². The molecule has 4 rings (SSSR count). The van der Waals surface area contributed by atoms with E-state index in [1.165, 1.54) is 4.90 Å². The number of carbonyl (C=O) groups excluding carboxylic acids is 2. The zero-order valence-corrected chi connectivity index (χ0v) is 21.0. The minimum Gasteiger partial charge on any atom is -0.493 e. The number of methoxy groups -OCH3 is 1. The van der Waals surface area contributed by atoms with Crippen LogP contribution in [0.5, 0.6) is 17.2 Å². The molecule has 6 nitrogen and oxygen atoms in total. The van der Waals surface area contributed by atoms with E-state index < -0.39 is 0 Å². The number of carbonyl (C=O) groups is 2. The maximum Gasteiger partial charge on any atom is 0.293 e. The van der Waals surface area contributed by atoms with Gasteiger partial charge in [-0.15, -0.1) is 0 Å². The molecule has 1 fully saturated rings. The third kappa shape index (κ3) is 6.51. The van der Waals surface area contributed by atoms with Crippen LogP contribution in [0.3, 0.4) is 0 Å². The van der Waals surface area contributed by atoms with Crippen LogP contribution in [0.4, 0.5) is 4.79 Å². The number of benzene rings is 3. The zero-order valence-electron chi connectivity index (χ0n) is 18.7. The summed E-state index contributed by atoms with van der Waals surface area (Å²) in [7, 11) is 1.54. The molecule has 0 aliphatic carbocycles. The summed E-state index contributed by atoms with van der Waals surface area (Å²) in [5.41, 5.74) is 1.64. The lowest BCUT2D eigenvalue weighted by atomic mass is 10.1. The summed E-state index contributed by atoms with van der Waals surface area (Å²) < 4.78 is 16.9. The van der Waals surface area contributed by atoms with Gasteiger partial charge in [0, 0.05) is 10.0 Å². The number of halogens is 2. The minimum absolute atomic E-state index is 0.143. The highest BCUT2D eigenvalue weighted by Crippen LogP contribution is 2.34. The smallest absolute Gasteiger partial charge is 0.293 e. The van der Waals surface area contributed by atoms with Gasteiger partial charge in [0.25, 0.3) is 11.1 Å². The standard InChI is InChI=1S/C26H21Cl2NO5S/c1-32-23-14-17(5-10-22(23)34-16-18-3-2-4-20(28)13-18)15-24-25(30)29(26(31)35-24)11-12-33-21-8-6-19(27)7-9-21/h2-10,13-15H,11-12,16H2,1H3/b24-15-. The number of hydrogen-bond acceptors (Lipinski definition) is 6. The van der Waals surface area contributed by atoms with E-state index in [0.717, 1.165) is 17.3 Å². The van der Waals surface area contributed by atoms with Crippen molar-refractivity contribution in [2.45, 2.75) is 6.61 Å². The van der Waals surface area contributed by atoms with Gasteiger partial charge >= 0.3 is 0 Å². The van der Waals surface area contributed by atoms with Crippen LogP contribution in [0, 0.1) is 0 Å². The predicted octanol–water partition coefficient (Wildman–Crippen LogP) is 6.70. The van der Waals surface area contributed by atoms with Gasteiger partial charge in [0.2, 0.25) is 0 Å². The van der Waals surface area contributed by atoms with Crippen molar-refractivity contribution in [3.8, 4) is 17.2 Å². The third-order valence-corrected chi connectivity index (χ3v) is 6.43. The first kappa shape index (κ1) is 25.0. The van der Waals surface area contributed by atoms with Crippen molar-refractivity contribution in [1.29, 1.82) is 0 Å². The number of nitrogens with zero attached hydrogens (tertiary/aromatic N) is 1. The van der Waals surface area contributed by atoms with Gasteiger partial charge in [0.1, 0.15) is 19.0 Å². The van der Waals surface area contributed by atoms with Gasteiger partial charge in [-0.1, -0.05) is 41.4 Å². The highest BCUT2D eigenvalue weighted by Gasteiger charge is 2.34. The summed E-state index contributed by atoms with van der Waals surface area (Å²) in [5, 5.41) is 0.902. The Morgan fingerprint density at radius 1 is 0.914 bits per heavy atom. The lowest BCUT2D eigenvalue weighted by Gasteiger charge is -2.13. The summed E-state index contributed by atoms with van der Waals surface area (Å²) >= 11 is 12.8. The normalized spacial score (nSPS) is 14.5. The molecule has 1 aliphatic rings. The maximum atomic E-state index is 12.8. The Bertz CT molecular complexity index is 1260. The van der Waals surface area contributed by atoms with E-state index in [-0.39, 0.29) is 24.3 Å².